The number of fused-ring (bicyclic) bond motifs is 1. The fraction of sp³-hybridized carbons (Fsp3) is 0.500. The van der Waals surface area contributed by atoms with Crippen LogP contribution in [0.1, 0.15) is 49.3 Å². The van der Waals surface area contributed by atoms with E-state index in [1.165, 1.54) is 0 Å². The molecule has 0 saturated carbocycles. The summed E-state index contributed by atoms with van der Waals surface area (Å²) >= 11 is 0. The van der Waals surface area contributed by atoms with Crippen LogP contribution in [0.2, 0.25) is 0 Å². The Morgan fingerprint density at radius 1 is 1.12 bits per heavy atom. The number of methoxy groups -OCH3 is 1. The highest BCUT2D eigenvalue weighted by Gasteiger charge is 2.31. The molecule has 4 rings (SSSR count). The summed E-state index contributed by atoms with van der Waals surface area (Å²) < 4.78 is 17.1. The Kier molecular flexibility index (Phi) is 6.49. The van der Waals surface area contributed by atoms with E-state index in [2.05, 4.69) is 13.8 Å². The van der Waals surface area contributed by atoms with E-state index in [9.17, 15) is 9.90 Å². The van der Waals surface area contributed by atoms with Crippen LogP contribution in [-0.2, 0) is 4.79 Å². The summed E-state index contributed by atoms with van der Waals surface area (Å²) in [6.07, 6.45) is 1.38. The van der Waals surface area contributed by atoms with Gasteiger partial charge in [-0.1, -0.05) is 19.9 Å². The molecule has 32 heavy (non-hydrogen) atoms. The summed E-state index contributed by atoms with van der Waals surface area (Å²) in [6.45, 7) is 8.86. The van der Waals surface area contributed by atoms with Crippen LogP contribution in [-0.4, -0.2) is 49.3 Å². The molecule has 6 heteroatoms. The molecule has 1 saturated heterocycles. The minimum absolute atomic E-state index is 0.0883. The molecule has 3 unspecified atom stereocenters. The number of aryl methyl sites for hydroxylation is 1. The van der Waals surface area contributed by atoms with Crippen LogP contribution >= 0.6 is 0 Å². The summed E-state index contributed by atoms with van der Waals surface area (Å²) in [7, 11) is 1.59. The third-order valence-corrected chi connectivity index (χ3v) is 6.40. The van der Waals surface area contributed by atoms with E-state index in [1.807, 2.05) is 36.1 Å². The van der Waals surface area contributed by atoms with E-state index in [0.29, 0.717) is 47.9 Å². The zero-order chi connectivity index (χ0) is 22.8. The molecule has 2 aromatic rings. The number of likely N-dealkylation sites (tertiary alicyclic amines) is 1. The van der Waals surface area contributed by atoms with Gasteiger partial charge in [0.25, 0.3) is 0 Å². The highest BCUT2D eigenvalue weighted by molar-refractivity contribution is 5.78. The molecular weight excluding hydrogens is 406 g/mol. The van der Waals surface area contributed by atoms with Crippen molar-refractivity contribution in [1.82, 2.24) is 4.90 Å². The van der Waals surface area contributed by atoms with Crippen LogP contribution in [0.4, 0.5) is 0 Å². The third-order valence-electron chi connectivity index (χ3n) is 6.40. The fourth-order valence-electron chi connectivity index (χ4n) is 5.10. The van der Waals surface area contributed by atoms with Crippen molar-refractivity contribution in [2.45, 2.75) is 39.5 Å². The molecular formula is C26H33NO5. The fourth-order valence-corrected chi connectivity index (χ4v) is 5.10. The molecule has 2 aliphatic rings. The molecule has 172 valence electrons. The molecule has 1 amide bonds. The maximum absolute atomic E-state index is 13.5. The quantitative estimate of drug-likeness (QED) is 0.743. The van der Waals surface area contributed by atoms with Gasteiger partial charge in [0.2, 0.25) is 5.91 Å². The summed E-state index contributed by atoms with van der Waals surface area (Å²) in [6, 6.07) is 9.37. The van der Waals surface area contributed by atoms with Crippen LogP contribution in [0.5, 0.6) is 23.0 Å². The standard InChI is InChI=1S/C26H33NO5/c1-16-10-21(28)26(24(11-16)30-4)20(13-25(29)27-14-17(2)9-18(3)15-27)19-5-6-22-23(12-19)32-8-7-31-22/h5-6,10-12,17-18,20,28H,7-9,13-15H2,1-4H3. The first kappa shape index (κ1) is 22.3. The lowest BCUT2D eigenvalue weighted by molar-refractivity contribution is -0.134. The summed E-state index contributed by atoms with van der Waals surface area (Å²) in [5, 5.41) is 10.9. The lowest BCUT2D eigenvalue weighted by atomic mass is 9.85. The van der Waals surface area contributed by atoms with Crippen molar-refractivity contribution in [3.8, 4) is 23.0 Å². The van der Waals surface area contributed by atoms with E-state index in [4.69, 9.17) is 14.2 Å². The lowest BCUT2D eigenvalue weighted by Gasteiger charge is -2.36. The number of ether oxygens (including phenoxy) is 3. The first-order valence-electron chi connectivity index (χ1n) is 11.4. The Bertz CT molecular complexity index is 978. The molecule has 0 spiro atoms. The molecule has 1 fully saturated rings. The van der Waals surface area contributed by atoms with Gasteiger partial charge in [-0.2, -0.15) is 0 Å². The minimum atomic E-state index is -0.374. The first-order valence-corrected chi connectivity index (χ1v) is 11.4. The van der Waals surface area contributed by atoms with E-state index in [1.54, 1.807) is 13.2 Å². The van der Waals surface area contributed by atoms with Crippen molar-refractivity contribution in [2.24, 2.45) is 11.8 Å². The number of rotatable bonds is 5. The highest BCUT2D eigenvalue weighted by atomic mass is 16.6. The first-order chi connectivity index (χ1) is 15.4. The van der Waals surface area contributed by atoms with Crippen molar-refractivity contribution in [3.63, 3.8) is 0 Å². The molecule has 0 radical (unpaired) electrons. The van der Waals surface area contributed by atoms with Crippen molar-refractivity contribution in [3.05, 3.63) is 47.0 Å². The van der Waals surface area contributed by atoms with Gasteiger partial charge in [0.15, 0.2) is 11.5 Å². The number of amides is 1. The van der Waals surface area contributed by atoms with E-state index in [0.717, 1.165) is 30.6 Å². The van der Waals surface area contributed by atoms with Gasteiger partial charge in [-0.25, -0.2) is 0 Å². The number of aromatic hydroxyl groups is 1. The van der Waals surface area contributed by atoms with Crippen molar-refractivity contribution in [2.75, 3.05) is 33.4 Å². The van der Waals surface area contributed by atoms with Crippen LogP contribution in [0.25, 0.3) is 0 Å². The number of carbonyl (C=O) groups is 1. The van der Waals surface area contributed by atoms with Gasteiger partial charge in [0.05, 0.1) is 7.11 Å². The number of benzene rings is 2. The van der Waals surface area contributed by atoms with Crippen LogP contribution < -0.4 is 14.2 Å². The average molecular weight is 440 g/mol. The Balaban J connectivity index is 1.73. The molecule has 2 aliphatic heterocycles. The summed E-state index contributed by atoms with van der Waals surface area (Å²) in [5.74, 6) is 2.76. The second kappa shape index (κ2) is 9.31. The molecule has 0 aromatic heterocycles. The average Bonchev–Trinajstić information content (AvgIpc) is 2.76. The molecule has 6 nitrogen and oxygen atoms in total. The zero-order valence-corrected chi connectivity index (χ0v) is 19.4. The summed E-state index contributed by atoms with van der Waals surface area (Å²) in [4.78, 5) is 15.4. The van der Waals surface area contributed by atoms with Crippen molar-refractivity contribution in [1.29, 1.82) is 0 Å². The van der Waals surface area contributed by atoms with Gasteiger partial charge in [-0.05, 0) is 60.6 Å². The molecule has 0 bridgehead atoms. The van der Waals surface area contributed by atoms with Gasteiger partial charge in [-0.3, -0.25) is 4.79 Å². The van der Waals surface area contributed by atoms with Crippen LogP contribution in [0.15, 0.2) is 30.3 Å². The normalized spacial score (nSPS) is 21.2. The van der Waals surface area contributed by atoms with Gasteiger partial charge >= 0.3 is 0 Å². The van der Waals surface area contributed by atoms with E-state index in [-0.39, 0.29) is 24.0 Å². The molecule has 2 aromatic carbocycles. The number of piperidine rings is 1. The van der Waals surface area contributed by atoms with Crippen LogP contribution in [0.3, 0.4) is 0 Å². The molecule has 3 atom stereocenters. The van der Waals surface area contributed by atoms with Crippen molar-refractivity contribution >= 4 is 5.91 Å². The highest BCUT2D eigenvalue weighted by Crippen LogP contribution is 2.44. The third kappa shape index (κ3) is 4.64. The second-order valence-electron chi connectivity index (χ2n) is 9.30. The zero-order valence-electron chi connectivity index (χ0n) is 19.4. The number of phenolic OH excluding ortho intramolecular Hbond substituents is 1. The smallest absolute Gasteiger partial charge is 0.223 e. The molecule has 1 N–H and O–H groups in total. The van der Waals surface area contributed by atoms with Gasteiger partial charge in [0, 0.05) is 31.0 Å². The van der Waals surface area contributed by atoms with E-state index >= 15 is 0 Å². The number of carbonyl (C=O) groups excluding carboxylic acids is 1. The predicted molar refractivity (Wildman–Crippen MR) is 123 cm³/mol. The van der Waals surface area contributed by atoms with Gasteiger partial charge in [-0.15, -0.1) is 0 Å². The van der Waals surface area contributed by atoms with Gasteiger partial charge < -0.3 is 24.2 Å². The molecule has 2 heterocycles. The maximum atomic E-state index is 13.5. The minimum Gasteiger partial charge on any atom is -0.507 e. The Morgan fingerprint density at radius 3 is 2.50 bits per heavy atom. The van der Waals surface area contributed by atoms with Gasteiger partial charge in [0.1, 0.15) is 24.7 Å². The molecule has 0 aliphatic carbocycles. The number of phenols is 1. The van der Waals surface area contributed by atoms with E-state index < -0.39 is 0 Å². The monoisotopic (exact) mass is 439 g/mol. The maximum Gasteiger partial charge on any atom is 0.223 e. The predicted octanol–water partition coefficient (Wildman–Crippen LogP) is 4.51. The Hall–Kier alpha value is -2.89. The van der Waals surface area contributed by atoms with Crippen molar-refractivity contribution < 1.29 is 24.1 Å². The summed E-state index contributed by atoms with van der Waals surface area (Å²) in [5.41, 5.74) is 2.41. The Labute approximate surface area is 190 Å². The van der Waals surface area contributed by atoms with Crippen LogP contribution in [0, 0.1) is 18.8 Å². The largest absolute Gasteiger partial charge is 0.507 e. The lowest BCUT2D eigenvalue weighted by Crippen LogP contribution is -2.43. The SMILES string of the molecule is COc1cc(C)cc(O)c1C(CC(=O)N1CC(C)CC(C)C1)c1ccc2c(c1)OCCO2. The second-order valence-corrected chi connectivity index (χ2v) is 9.30. The number of nitrogens with zero attached hydrogens (tertiary/aromatic N) is 1. The Morgan fingerprint density at radius 2 is 1.81 bits per heavy atom. The number of hydrogen-bond acceptors (Lipinski definition) is 5. The number of hydrogen-bond donors (Lipinski definition) is 1. The topological polar surface area (TPSA) is 68.2 Å².